The highest BCUT2D eigenvalue weighted by Gasteiger charge is 2.38. The first-order valence-electron chi connectivity index (χ1n) is 8.78. The summed E-state index contributed by atoms with van der Waals surface area (Å²) in [5.74, 6) is 0.369. The summed E-state index contributed by atoms with van der Waals surface area (Å²) >= 11 is 0. The Hall–Kier alpha value is -2.59. The van der Waals surface area contributed by atoms with E-state index in [-0.39, 0.29) is 6.04 Å². The SMILES string of the molecule is CC(C)c1ccc(S(=O)(=O)N2CC(n3cc(Cn4nccn4)nn3)C2)cc1. The predicted octanol–water partition coefficient (Wildman–Crippen LogP) is 1.29. The first-order valence-corrected chi connectivity index (χ1v) is 10.2. The molecule has 9 nitrogen and oxygen atoms in total. The first kappa shape index (κ1) is 17.8. The molecule has 0 amide bonds. The second-order valence-electron chi connectivity index (χ2n) is 6.95. The molecule has 0 unspecified atom stereocenters. The molecular formula is C17H21N7O2S. The van der Waals surface area contributed by atoms with Crippen LogP contribution in [0.3, 0.4) is 0 Å². The minimum Gasteiger partial charge on any atom is -0.246 e. The molecule has 0 atom stereocenters. The maximum atomic E-state index is 12.8. The topological polar surface area (TPSA) is 98.8 Å². The lowest BCUT2D eigenvalue weighted by atomic mass is 10.0. The Kier molecular flexibility index (Phi) is 4.52. The summed E-state index contributed by atoms with van der Waals surface area (Å²) in [5.41, 5.74) is 1.86. The van der Waals surface area contributed by atoms with Crippen molar-refractivity contribution >= 4 is 10.0 Å². The second kappa shape index (κ2) is 6.86. The Morgan fingerprint density at radius 3 is 2.41 bits per heavy atom. The molecule has 3 aromatic rings. The quantitative estimate of drug-likeness (QED) is 0.632. The Morgan fingerprint density at radius 1 is 1.11 bits per heavy atom. The molecule has 1 aliphatic heterocycles. The minimum atomic E-state index is -3.47. The third-order valence-electron chi connectivity index (χ3n) is 4.72. The van der Waals surface area contributed by atoms with Gasteiger partial charge in [-0.3, -0.25) is 0 Å². The lowest BCUT2D eigenvalue weighted by molar-refractivity contribution is 0.189. The van der Waals surface area contributed by atoms with E-state index in [0.717, 1.165) is 11.3 Å². The number of nitrogens with zero attached hydrogens (tertiary/aromatic N) is 7. The van der Waals surface area contributed by atoms with Crippen LogP contribution in [0, 0.1) is 0 Å². The van der Waals surface area contributed by atoms with Gasteiger partial charge < -0.3 is 0 Å². The van der Waals surface area contributed by atoms with Gasteiger partial charge in [0, 0.05) is 13.1 Å². The fourth-order valence-corrected chi connectivity index (χ4v) is 4.50. The zero-order valence-electron chi connectivity index (χ0n) is 15.2. The van der Waals surface area contributed by atoms with Gasteiger partial charge in [-0.25, -0.2) is 13.1 Å². The minimum absolute atomic E-state index is 0.0125. The Morgan fingerprint density at radius 2 is 1.78 bits per heavy atom. The smallest absolute Gasteiger partial charge is 0.243 e. The van der Waals surface area contributed by atoms with E-state index in [0.29, 0.717) is 30.4 Å². The van der Waals surface area contributed by atoms with Crippen molar-refractivity contribution in [1.82, 2.24) is 34.3 Å². The zero-order valence-corrected chi connectivity index (χ0v) is 16.0. The molecule has 10 heteroatoms. The fourth-order valence-electron chi connectivity index (χ4n) is 2.99. The number of benzene rings is 1. The van der Waals surface area contributed by atoms with E-state index < -0.39 is 10.0 Å². The van der Waals surface area contributed by atoms with E-state index in [1.54, 1.807) is 29.2 Å². The standard InChI is InChI=1S/C17H21N7O2S/c1-13(2)14-3-5-17(6-4-14)27(25,26)22-11-16(12-22)23-9-15(20-21-23)10-24-18-7-8-19-24/h3-9,13,16H,10-12H2,1-2H3. The van der Waals surface area contributed by atoms with Gasteiger partial charge in [-0.15, -0.1) is 5.10 Å². The van der Waals surface area contributed by atoms with Crippen molar-refractivity contribution in [2.75, 3.05) is 13.1 Å². The molecule has 1 fully saturated rings. The second-order valence-corrected chi connectivity index (χ2v) is 8.89. The molecule has 0 saturated carbocycles. The van der Waals surface area contributed by atoms with Gasteiger partial charge in [0.2, 0.25) is 10.0 Å². The predicted molar refractivity (Wildman–Crippen MR) is 97.5 cm³/mol. The molecule has 0 spiro atoms. The van der Waals surface area contributed by atoms with Crippen LogP contribution in [-0.4, -0.2) is 55.8 Å². The van der Waals surface area contributed by atoms with Crippen LogP contribution in [0.25, 0.3) is 0 Å². The van der Waals surface area contributed by atoms with E-state index in [1.165, 1.54) is 9.10 Å². The molecule has 0 N–H and O–H groups in total. The van der Waals surface area contributed by atoms with Crippen molar-refractivity contribution < 1.29 is 8.42 Å². The molecule has 1 aromatic carbocycles. The summed E-state index contributed by atoms with van der Waals surface area (Å²) in [4.78, 5) is 1.85. The summed E-state index contributed by atoms with van der Waals surface area (Å²) in [6.45, 7) is 5.37. The van der Waals surface area contributed by atoms with Crippen molar-refractivity contribution in [3.63, 3.8) is 0 Å². The summed E-state index contributed by atoms with van der Waals surface area (Å²) in [5, 5.41) is 16.3. The van der Waals surface area contributed by atoms with Gasteiger partial charge in [0.1, 0.15) is 12.2 Å². The fraction of sp³-hybridized carbons (Fsp3) is 0.412. The molecular weight excluding hydrogens is 366 g/mol. The van der Waals surface area contributed by atoms with Gasteiger partial charge >= 0.3 is 0 Å². The highest BCUT2D eigenvalue weighted by atomic mass is 32.2. The number of aromatic nitrogens is 6. The lowest BCUT2D eigenvalue weighted by Crippen LogP contribution is -2.50. The molecule has 142 valence electrons. The van der Waals surface area contributed by atoms with Gasteiger partial charge in [-0.2, -0.15) is 19.3 Å². The largest absolute Gasteiger partial charge is 0.246 e. The van der Waals surface area contributed by atoms with Crippen molar-refractivity contribution in [3.8, 4) is 0 Å². The molecule has 0 bridgehead atoms. The van der Waals surface area contributed by atoms with Gasteiger partial charge in [0.15, 0.2) is 0 Å². The van der Waals surface area contributed by atoms with Gasteiger partial charge in [0.05, 0.1) is 29.5 Å². The third kappa shape index (κ3) is 3.50. The zero-order chi connectivity index (χ0) is 19.0. The molecule has 27 heavy (non-hydrogen) atoms. The van der Waals surface area contributed by atoms with Crippen LogP contribution in [0.4, 0.5) is 0 Å². The maximum absolute atomic E-state index is 12.8. The normalized spacial score (nSPS) is 16.0. The highest BCUT2D eigenvalue weighted by Crippen LogP contribution is 2.28. The first-order chi connectivity index (χ1) is 12.9. The molecule has 0 radical (unpaired) electrons. The van der Waals surface area contributed by atoms with Crippen molar-refractivity contribution in [3.05, 3.63) is 54.1 Å². The van der Waals surface area contributed by atoms with Crippen LogP contribution in [0.15, 0.2) is 47.8 Å². The average molecular weight is 387 g/mol. The van der Waals surface area contributed by atoms with Crippen LogP contribution in [0.1, 0.15) is 37.1 Å². The molecule has 1 aliphatic rings. The van der Waals surface area contributed by atoms with Crippen LogP contribution < -0.4 is 0 Å². The Labute approximate surface area is 157 Å². The number of hydrogen-bond acceptors (Lipinski definition) is 6. The van der Waals surface area contributed by atoms with Crippen molar-refractivity contribution in [1.29, 1.82) is 0 Å². The number of hydrogen-bond donors (Lipinski definition) is 0. The van der Waals surface area contributed by atoms with Crippen LogP contribution in [0.5, 0.6) is 0 Å². The van der Waals surface area contributed by atoms with E-state index in [1.807, 2.05) is 18.3 Å². The third-order valence-corrected chi connectivity index (χ3v) is 6.56. The highest BCUT2D eigenvalue weighted by molar-refractivity contribution is 7.89. The Bertz CT molecular complexity index is 1000. The lowest BCUT2D eigenvalue weighted by Gasteiger charge is -2.37. The van der Waals surface area contributed by atoms with E-state index in [2.05, 4.69) is 34.4 Å². The molecule has 3 heterocycles. The van der Waals surface area contributed by atoms with E-state index >= 15 is 0 Å². The van der Waals surface area contributed by atoms with Gasteiger partial charge in [0.25, 0.3) is 0 Å². The number of rotatable bonds is 6. The summed E-state index contributed by atoms with van der Waals surface area (Å²) in [7, 11) is -3.47. The molecule has 2 aromatic heterocycles. The van der Waals surface area contributed by atoms with E-state index in [9.17, 15) is 8.42 Å². The Balaban J connectivity index is 1.40. The van der Waals surface area contributed by atoms with E-state index in [4.69, 9.17) is 0 Å². The summed E-state index contributed by atoms with van der Waals surface area (Å²) in [6.07, 6.45) is 5.02. The molecule has 0 aliphatic carbocycles. The van der Waals surface area contributed by atoms with Crippen LogP contribution in [0.2, 0.25) is 0 Å². The van der Waals surface area contributed by atoms with Crippen LogP contribution >= 0.6 is 0 Å². The summed E-state index contributed by atoms with van der Waals surface area (Å²) < 4.78 is 28.7. The van der Waals surface area contributed by atoms with Crippen molar-refractivity contribution in [2.45, 2.75) is 37.2 Å². The van der Waals surface area contributed by atoms with Crippen LogP contribution in [-0.2, 0) is 16.6 Å². The monoisotopic (exact) mass is 387 g/mol. The van der Waals surface area contributed by atoms with Crippen molar-refractivity contribution in [2.24, 2.45) is 0 Å². The average Bonchev–Trinajstić information content (AvgIpc) is 3.26. The maximum Gasteiger partial charge on any atom is 0.243 e. The van der Waals surface area contributed by atoms with Gasteiger partial charge in [-0.05, 0) is 23.6 Å². The molecule has 1 saturated heterocycles. The number of sulfonamides is 1. The van der Waals surface area contributed by atoms with Gasteiger partial charge in [-0.1, -0.05) is 31.2 Å². The summed E-state index contributed by atoms with van der Waals surface area (Å²) in [6, 6.07) is 7.11. The molecule has 4 rings (SSSR count).